The molecular formula is C18H19N7. The van der Waals surface area contributed by atoms with Crippen molar-refractivity contribution in [2.24, 2.45) is 0 Å². The van der Waals surface area contributed by atoms with Gasteiger partial charge in [-0.25, -0.2) is 9.97 Å². The molecule has 1 N–H and O–H groups in total. The third-order valence-corrected chi connectivity index (χ3v) is 4.09. The summed E-state index contributed by atoms with van der Waals surface area (Å²) in [5, 5.41) is 7.65. The number of aryl methyl sites for hydroxylation is 1. The van der Waals surface area contributed by atoms with Crippen molar-refractivity contribution in [1.29, 1.82) is 0 Å². The van der Waals surface area contributed by atoms with Gasteiger partial charge in [0.1, 0.15) is 18.0 Å². The van der Waals surface area contributed by atoms with E-state index in [9.17, 15) is 0 Å². The minimum absolute atomic E-state index is 0.599. The van der Waals surface area contributed by atoms with Gasteiger partial charge in [-0.1, -0.05) is 37.3 Å². The molecule has 0 aliphatic carbocycles. The number of hydrogen-bond donors (Lipinski definition) is 1. The molecule has 0 aliphatic heterocycles. The first kappa shape index (κ1) is 15.3. The fourth-order valence-electron chi connectivity index (χ4n) is 2.77. The minimum Gasteiger partial charge on any atom is -0.363 e. The van der Waals surface area contributed by atoms with E-state index in [1.165, 1.54) is 11.9 Å². The largest absolute Gasteiger partial charge is 0.363 e. The first-order chi connectivity index (χ1) is 12.3. The Morgan fingerprint density at radius 1 is 1.12 bits per heavy atom. The van der Waals surface area contributed by atoms with Crippen LogP contribution >= 0.6 is 0 Å². The van der Waals surface area contributed by atoms with E-state index in [2.05, 4.69) is 61.1 Å². The van der Waals surface area contributed by atoms with E-state index in [1.54, 1.807) is 4.52 Å². The smallest absolute Gasteiger partial charge is 0.254 e. The van der Waals surface area contributed by atoms with Gasteiger partial charge in [0.2, 0.25) is 0 Å². The summed E-state index contributed by atoms with van der Waals surface area (Å²) in [5.74, 6) is 2.44. The number of anilines is 1. The molecule has 1 aromatic carbocycles. The molecule has 4 aromatic rings. The molecule has 0 aliphatic rings. The summed E-state index contributed by atoms with van der Waals surface area (Å²) in [6.45, 7) is 3.47. The van der Waals surface area contributed by atoms with Crippen molar-refractivity contribution >= 4 is 11.6 Å². The second-order valence-electron chi connectivity index (χ2n) is 5.77. The molecule has 0 saturated carbocycles. The van der Waals surface area contributed by atoms with E-state index in [-0.39, 0.29) is 0 Å². The highest BCUT2D eigenvalue weighted by atomic mass is 15.4. The first-order valence-electron chi connectivity index (χ1n) is 8.31. The van der Waals surface area contributed by atoms with Crippen molar-refractivity contribution in [2.75, 3.05) is 5.32 Å². The van der Waals surface area contributed by atoms with Crippen molar-refractivity contribution in [3.63, 3.8) is 0 Å². The van der Waals surface area contributed by atoms with Crippen LogP contribution in [0, 0.1) is 0 Å². The van der Waals surface area contributed by atoms with Crippen LogP contribution in [-0.2, 0) is 19.5 Å². The van der Waals surface area contributed by atoms with Crippen LogP contribution in [0.5, 0.6) is 0 Å². The van der Waals surface area contributed by atoms with Crippen LogP contribution in [0.2, 0.25) is 0 Å². The second-order valence-corrected chi connectivity index (χ2v) is 5.77. The fourth-order valence-corrected chi connectivity index (χ4v) is 2.77. The summed E-state index contributed by atoms with van der Waals surface area (Å²) in [4.78, 5) is 13.1. The standard InChI is InChI=1S/C18H19N7/c1-2-15-10-16(25-18(23-15)21-13-22-25)20-11-17-19-8-9-24(17)12-14-6-4-3-5-7-14/h3-10,13,20H,2,11-12H2,1H3. The minimum atomic E-state index is 0.599. The number of nitrogens with zero attached hydrogens (tertiary/aromatic N) is 6. The molecule has 0 atom stereocenters. The molecule has 0 amide bonds. The number of nitrogens with one attached hydrogen (secondary N) is 1. The van der Waals surface area contributed by atoms with Gasteiger partial charge in [0.05, 0.1) is 6.54 Å². The van der Waals surface area contributed by atoms with Gasteiger partial charge in [-0.15, -0.1) is 0 Å². The second kappa shape index (κ2) is 6.72. The molecule has 0 unspecified atom stereocenters. The topological polar surface area (TPSA) is 72.9 Å². The fraction of sp³-hybridized carbons (Fsp3) is 0.222. The third-order valence-electron chi connectivity index (χ3n) is 4.09. The van der Waals surface area contributed by atoms with Crippen LogP contribution in [0.4, 0.5) is 5.82 Å². The first-order valence-corrected chi connectivity index (χ1v) is 8.31. The van der Waals surface area contributed by atoms with Gasteiger partial charge >= 0.3 is 0 Å². The molecule has 0 radical (unpaired) electrons. The van der Waals surface area contributed by atoms with Gasteiger partial charge in [-0.3, -0.25) is 0 Å². The average Bonchev–Trinajstić information content (AvgIpc) is 3.29. The Kier molecular flexibility index (Phi) is 4.12. The van der Waals surface area contributed by atoms with Crippen molar-refractivity contribution in [3.05, 3.63) is 72.2 Å². The van der Waals surface area contributed by atoms with Gasteiger partial charge < -0.3 is 9.88 Å². The van der Waals surface area contributed by atoms with E-state index in [1.807, 2.05) is 24.5 Å². The Balaban J connectivity index is 1.55. The summed E-state index contributed by atoms with van der Waals surface area (Å²) < 4.78 is 3.85. The summed E-state index contributed by atoms with van der Waals surface area (Å²) in [5.41, 5.74) is 2.23. The summed E-state index contributed by atoms with van der Waals surface area (Å²) in [7, 11) is 0. The Labute approximate surface area is 145 Å². The Morgan fingerprint density at radius 3 is 2.84 bits per heavy atom. The molecule has 3 aromatic heterocycles. The lowest BCUT2D eigenvalue weighted by atomic mass is 10.2. The van der Waals surface area contributed by atoms with Crippen LogP contribution in [0.1, 0.15) is 24.0 Å². The maximum absolute atomic E-state index is 4.48. The Bertz CT molecular complexity index is 971. The Morgan fingerprint density at radius 2 is 2.00 bits per heavy atom. The zero-order valence-electron chi connectivity index (χ0n) is 14.0. The van der Waals surface area contributed by atoms with Gasteiger partial charge in [0, 0.05) is 30.7 Å². The van der Waals surface area contributed by atoms with Gasteiger partial charge in [-0.05, 0) is 12.0 Å². The number of aromatic nitrogens is 6. The molecule has 0 spiro atoms. The van der Waals surface area contributed by atoms with E-state index >= 15 is 0 Å². The summed E-state index contributed by atoms with van der Waals surface area (Å²) >= 11 is 0. The quantitative estimate of drug-likeness (QED) is 0.587. The van der Waals surface area contributed by atoms with E-state index in [4.69, 9.17) is 0 Å². The molecule has 0 fully saturated rings. The lowest BCUT2D eigenvalue weighted by Gasteiger charge is -2.11. The predicted molar refractivity (Wildman–Crippen MR) is 95.3 cm³/mol. The van der Waals surface area contributed by atoms with Crippen LogP contribution in [0.3, 0.4) is 0 Å². The molecule has 4 rings (SSSR count). The highest BCUT2D eigenvalue weighted by Gasteiger charge is 2.09. The summed E-state index contributed by atoms with van der Waals surface area (Å²) in [6.07, 6.45) is 6.19. The number of benzene rings is 1. The maximum atomic E-state index is 4.48. The number of hydrogen-bond acceptors (Lipinski definition) is 5. The van der Waals surface area contributed by atoms with Crippen molar-refractivity contribution < 1.29 is 0 Å². The normalized spacial score (nSPS) is 11.1. The van der Waals surface area contributed by atoms with Crippen molar-refractivity contribution in [2.45, 2.75) is 26.4 Å². The lowest BCUT2D eigenvalue weighted by molar-refractivity contribution is 0.732. The van der Waals surface area contributed by atoms with Crippen LogP contribution < -0.4 is 5.32 Å². The van der Waals surface area contributed by atoms with E-state index < -0.39 is 0 Å². The van der Waals surface area contributed by atoms with E-state index in [0.717, 1.165) is 30.3 Å². The molecule has 7 nitrogen and oxygen atoms in total. The van der Waals surface area contributed by atoms with Gasteiger partial charge in [-0.2, -0.15) is 14.6 Å². The zero-order chi connectivity index (χ0) is 17.1. The maximum Gasteiger partial charge on any atom is 0.254 e. The number of imidazole rings is 1. The van der Waals surface area contributed by atoms with Crippen LogP contribution in [-0.4, -0.2) is 29.1 Å². The lowest BCUT2D eigenvalue weighted by Crippen LogP contribution is -2.12. The third kappa shape index (κ3) is 3.21. The van der Waals surface area contributed by atoms with Crippen molar-refractivity contribution in [1.82, 2.24) is 29.1 Å². The molecule has 0 saturated heterocycles. The number of fused-ring (bicyclic) bond motifs is 1. The highest BCUT2D eigenvalue weighted by molar-refractivity contribution is 5.45. The van der Waals surface area contributed by atoms with Crippen molar-refractivity contribution in [3.8, 4) is 0 Å². The summed E-state index contributed by atoms with van der Waals surface area (Å²) in [6, 6.07) is 12.4. The van der Waals surface area contributed by atoms with E-state index in [0.29, 0.717) is 12.3 Å². The SMILES string of the molecule is CCc1cc(NCc2nccn2Cc2ccccc2)n2ncnc2n1. The molecule has 7 heteroatoms. The molecule has 126 valence electrons. The van der Waals surface area contributed by atoms with Gasteiger partial charge in [0.15, 0.2) is 0 Å². The predicted octanol–water partition coefficient (Wildman–Crippen LogP) is 2.54. The highest BCUT2D eigenvalue weighted by Crippen LogP contribution is 2.13. The number of rotatable bonds is 6. The molecule has 3 heterocycles. The Hall–Kier alpha value is -3.22. The zero-order valence-corrected chi connectivity index (χ0v) is 14.0. The van der Waals surface area contributed by atoms with Crippen LogP contribution in [0.15, 0.2) is 55.1 Å². The monoisotopic (exact) mass is 333 g/mol. The van der Waals surface area contributed by atoms with Crippen LogP contribution in [0.25, 0.3) is 5.78 Å². The molecule has 25 heavy (non-hydrogen) atoms. The average molecular weight is 333 g/mol. The molecular weight excluding hydrogens is 314 g/mol. The van der Waals surface area contributed by atoms with Gasteiger partial charge in [0.25, 0.3) is 5.78 Å². The molecule has 0 bridgehead atoms.